The average Bonchev–Trinajstić information content (AvgIpc) is 2.73. The Bertz CT molecular complexity index is 581. The van der Waals surface area contributed by atoms with Crippen molar-refractivity contribution >= 4 is 29.5 Å². The van der Waals surface area contributed by atoms with E-state index in [1.165, 1.54) is 12.1 Å². The average molecular weight is 286 g/mol. The van der Waals surface area contributed by atoms with Crippen LogP contribution in [-0.2, 0) is 6.61 Å². The van der Waals surface area contributed by atoms with Crippen LogP contribution in [0.15, 0.2) is 22.7 Å². The molecule has 6 heteroatoms. The van der Waals surface area contributed by atoms with Crippen molar-refractivity contribution < 1.29 is 14.1 Å². The quantitative estimate of drug-likeness (QED) is 0.804. The van der Waals surface area contributed by atoms with Gasteiger partial charge in [0.2, 0.25) is 0 Å². The molecule has 0 aliphatic carbocycles. The summed E-state index contributed by atoms with van der Waals surface area (Å²) in [5.74, 6) is 0.834. The number of ether oxygens (including phenoxy) is 1. The topological polar surface area (TPSA) is 52.3 Å². The van der Waals surface area contributed by atoms with E-state index in [0.717, 1.165) is 5.69 Å². The molecule has 2 rings (SSSR count). The molecule has 0 radical (unpaired) electrons. The second-order valence-corrected chi connectivity index (χ2v) is 4.49. The largest absolute Gasteiger partial charge is 0.483 e. The highest BCUT2D eigenvalue weighted by Gasteiger charge is 2.11. The number of hydrogen-bond donors (Lipinski definition) is 0. The Labute approximate surface area is 113 Å². The van der Waals surface area contributed by atoms with Crippen LogP contribution >= 0.6 is 23.2 Å². The van der Waals surface area contributed by atoms with Crippen molar-refractivity contribution in [3.63, 3.8) is 0 Å². The van der Waals surface area contributed by atoms with Crippen LogP contribution in [0.25, 0.3) is 0 Å². The fourth-order valence-electron chi connectivity index (χ4n) is 1.45. The maximum Gasteiger partial charge on any atom is 0.174 e. The summed E-state index contributed by atoms with van der Waals surface area (Å²) in [5.41, 5.74) is 1.05. The zero-order valence-electron chi connectivity index (χ0n) is 9.44. The van der Waals surface area contributed by atoms with Crippen molar-refractivity contribution in [2.75, 3.05) is 0 Å². The monoisotopic (exact) mass is 285 g/mol. The van der Waals surface area contributed by atoms with Crippen LogP contribution in [0.3, 0.4) is 0 Å². The first kappa shape index (κ1) is 12.9. The second kappa shape index (κ2) is 5.42. The zero-order valence-corrected chi connectivity index (χ0v) is 11.0. The number of nitrogens with zero attached hydrogens (tertiary/aromatic N) is 1. The third-order valence-electron chi connectivity index (χ3n) is 2.20. The summed E-state index contributed by atoms with van der Waals surface area (Å²) in [6.45, 7) is 1.95. The molecule has 94 valence electrons. The molecule has 0 saturated carbocycles. The molecule has 18 heavy (non-hydrogen) atoms. The predicted octanol–water partition coefficient (Wildman–Crippen LogP) is 3.68. The van der Waals surface area contributed by atoms with Crippen LogP contribution in [0.5, 0.6) is 5.75 Å². The maximum atomic E-state index is 10.9. The number of carbonyl (C=O) groups is 1. The van der Waals surface area contributed by atoms with Gasteiger partial charge in [-0.2, -0.15) is 0 Å². The van der Waals surface area contributed by atoms with E-state index >= 15 is 0 Å². The molecule has 1 aromatic heterocycles. The Hall–Kier alpha value is -1.52. The highest BCUT2D eigenvalue weighted by atomic mass is 35.5. The number of benzene rings is 1. The minimum atomic E-state index is 0.142. The molecule has 0 atom stereocenters. The zero-order chi connectivity index (χ0) is 13.1. The molecule has 0 amide bonds. The molecule has 0 saturated heterocycles. The van der Waals surface area contributed by atoms with Gasteiger partial charge in [0.15, 0.2) is 12.0 Å². The number of aryl methyl sites for hydroxylation is 1. The van der Waals surface area contributed by atoms with Gasteiger partial charge < -0.3 is 9.26 Å². The second-order valence-electron chi connectivity index (χ2n) is 3.65. The molecule has 0 spiro atoms. The summed E-state index contributed by atoms with van der Waals surface area (Å²) in [6.07, 6.45) is 0.638. The fraction of sp³-hybridized carbons (Fsp3) is 0.167. The van der Waals surface area contributed by atoms with Gasteiger partial charge in [-0.15, -0.1) is 0 Å². The highest BCUT2D eigenvalue weighted by Crippen LogP contribution is 2.32. The van der Waals surface area contributed by atoms with E-state index < -0.39 is 0 Å². The van der Waals surface area contributed by atoms with Gasteiger partial charge >= 0.3 is 0 Å². The lowest BCUT2D eigenvalue weighted by atomic mass is 10.2. The van der Waals surface area contributed by atoms with Gasteiger partial charge in [-0.05, 0) is 19.1 Å². The molecule has 0 bridgehead atoms. The summed E-state index contributed by atoms with van der Waals surface area (Å²) < 4.78 is 10.4. The first-order valence-corrected chi connectivity index (χ1v) is 5.85. The minimum absolute atomic E-state index is 0.142. The lowest BCUT2D eigenvalue weighted by molar-refractivity contribution is 0.111. The molecule has 2 aromatic rings. The summed E-state index contributed by atoms with van der Waals surface area (Å²) in [4.78, 5) is 10.9. The highest BCUT2D eigenvalue weighted by molar-refractivity contribution is 6.36. The Kier molecular flexibility index (Phi) is 3.89. The molecule has 1 aromatic carbocycles. The van der Waals surface area contributed by atoms with Crippen molar-refractivity contribution in [2.45, 2.75) is 13.5 Å². The SMILES string of the molecule is Cc1cc(COc2c(Cl)cc(Cl)cc2C=O)on1. The van der Waals surface area contributed by atoms with E-state index in [0.29, 0.717) is 22.6 Å². The molecular weight excluding hydrogens is 277 g/mol. The van der Waals surface area contributed by atoms with Gasteiger partial charge in [0.1, 0.15) is 12.4 Å². The minimum Gasteiger partial charge on any atom is -0.483 e. The normalized spacial score (nSPS) is 10.4. The first-order chi connectivity index (χ1) is 8.60. The Balaban J connectivity index is 2.20. The smallest absolute Gasteiger partial charge is 0.174 e. The van der Waals surface area contributed by atoms with E-state index in [4.69, 9.17) is 32.5 Å². The molecule has 0 unspecified atom stereocenters. The van der Waals surface area contributed by atoms with Crippen LogP contribution in [0.1, 0.15) is 21.8 Å². The Morgan fingerprint density at radius 3 is 2.78 bits per heavy atom. The van der Waals surface area contributed by atoms with Crippen LogP contribution in [0.4, 0.5) is 0 Å². The van der Waals surface area contributed by atoms with Gasteiger partial charge in [0.05, 0.1) is 16.3 Å². The molecule has 0 aliphatic heterocycles. The fourth-order valence-corrected chi connectivity index (χ4v) is 2.01. The summed E-state index contributed by atoms with van der Waals surface area (Å²) in [5, 5.41) is 4.39. The first-order valence-electron chi connectivity index (χ1n) is 5.09. The number of aldehydes is 1. The van der Waals surface area contributed by atoms with Crippen molar-refractivity contribution in [3.05, 3.63) is 45.3 Å². The van der Waals surface area contributed by atoms with Crippen LogP contribution in [-0.4, -0.2) is 11.4 Å². The van der Waals surface area contributed by atoms with E-state index in [2.05, 4.69) is 5.16 Å². The number of hydrogen-bond acceptors (Lipinski definition) is 4. The standard InChI is InChI=1S/C12H9Cl2NO3/c1-7-2-10(18-15-7)6-17-12-8(5-16)3-9(13)4-11(12)14/h2-5H,6H2,1H3. The Morgan fingerprint density at radius 1 is 1.39 bits per heavy atom. The van der Waals surface area contributed by atoms with E-state index in [9.17, 15) is 4.79 Å². The van der Waals surface area contributed by atoms with Gasteiger partial charge in [-0.3, -0.25) is 4.79 Å². The summed E-state index contributed by atoms with van der Waals surface area (Å²) in [7, 11) is 0. The molecule has 1 heterocycles. The third kappa shape index (κ3) is 2.83. The predicted molar refractivity (Wildman–Crippen MR) is 67.4 cm³/mol. The molecule has 0 aliphatic rings. The van der Waals surface area contributed by atoms with Crippen molar-refractivity contribution in [3.8, 4) is 5.75 Å². The van der Waals surface area contributed by atoms with E-state index in [-0.39, 0.29) is 17.4 Å². The molecule has 4 nitrogen and oxygen atoms in total. The van der Waals surface area contributed by atoms with Gasteiger partial charge in [-0.1, -0.05) is 28.4 Å². The molecule has 0 fully saturated rings. The molecule has 0 N–H and O–H groups in total. The van der Waals surface area contributed by atoms with Gasteiger partial charge in [0.25, 0.3) is 0 Å². The van der Waals surface area contributed by atoms with Crippen molar-refractivity contribution in [1.82, 2.24) is 5.16 Å². The summed E-state index contributed by atoms with van der Waals surface area (Å²) >= 11 is 11.8. The van der Waals surface area contributed by atoms with Crippen molar-refractivity contribution in [1.29, 1.82) is 0 Å². The summed E-state index contributed by atoms with van der Waals surface area (Å²) in [6, 6.07) is 4.74. The number of rotatable bonds is 4. The number of halogens is 2. The Morgan fingerprint density at radius 2 is 2.17 bits per heavy atom. The number of aromatic nitrogens is 1. The van der Waals surface area contributed by atoms with Crippen LogP contribution in [0, 0.1) is 6.92 Å². The lowest BCUT2D eigenvalue weighted by Crippen LogP contribution is -1.98. The maximum absolute atomic E-state index is 10.9. The van der Waals surface area contributed by atoms with E-state index in [1.807, 2.05) is 0 Å². The van der Waals surface area contributed by atoms with Crippen LogP contribution in [0.2, 0.25) is 10.0 Å². The van der Waals surface area contributed by atoms with Crippen molar-refractivity contribution in [2.24, 2.45) is 0 Å². The lowest BCUT2D eigenvalue weighted by Gasteiger charge is -2.09. The molecular formula is C12H9Cl2NO3. The third-order valence-corrected chi connectivity index (χ3v) is 2.70. The number of carbonyl (C=O) groups excluding carboxylic acids is 1. The van der Waals surface area contributed by atoms with Gasteiger partial charge in [-0.25, -0.2) is 0 Å². The van der Waals surface area contributed by atoms with Crippen LogP contribution < -0.4 is 4.74 Å². The van der Waals surface area contributed by atoms with Gasteiger partial charge in [0, 0.05) is 11.1 Å². The van der Waals surface area contributed by atoms with E-state index in [1.54, 1.807) is 13.0 Å².